The molecular weight excluding hydrogens is 397 g/mol. The van der Waals surface area contributed by atoms with Gasteiger partial charge in [0, 0.05) is 15.1 Å². The van der Waals surface area contributed by atoms with Gasteiger partial charge in [0.25, 0.3) is 5.91 Å². The number of halogens is 3. The fraction of sp³-hybridized carbons (Fsp3) is 0.0833. The fourth-order valence-electron chi connectivity index (χ4n) is 1.38. The molecule has 0 unspecified atom stereocenters. The lowest BCUT2D eigenvalue weighted by atomic mass is 10.2. The van der Waals surface area contributed by atoms with E-state index >= 15 is 0 Å². The number of nitrogens with zero attached hydrogens (tertiary/aromatic N) is 2. The van der Waals surface area contributed by atoms with Crippen LogP contribution < -0.4 is 5.32 Å². The van der Waals surface area contributed by atoms with Crippen LogP contribution >= 0.6 is 43.5 Å². The minimum Gasteiger partial charge on any atom is -0.306 e. The van der Waals surface area contributed by atoms with Crippen molar-refractivity contribution in [1.29, 1.82) is 0 Å². The van der Waals surface area contributed by atoms with Crippen molar-refractivity contribution in [1.82, 2.24) is 9.97 Å². The van der Waals surface area contributed by atoms with Gasteiger partial charge in [-0.25, -0.2) is 9.97 Å². The van der Waals surface area contributed by atoms with E-state index in [4.69, 9.17) is 11.6 Å². The molecule has 0 saturated carbocycles. The van der Waals surface area contributed by atoms with E-state index in [9.17, 15) is 4.79 Å². The third-order valence-corrected chi connectivity index (χ3v) is 3.89. The Bertz CT molecular complexity index is 649. The van der Waals surface area contributed by atoms with Crippen LogP contribution in [0.4, 0.5) is 5.82 Å². The van der Waals surface area contributed by atoms with Crippen LogP contribution in [0.5, 0.6) is 0 Å². The number of aryl methyl sites for hydroxylation is 1. The summed E-state index contributed by atoms with van der Waals surface area (Å²) in [4.78, 5) is 20.2. The first-order chi connectivity index (χ1) is 8.97. The van der Waals surface area contributed by atoms with Gasteiger partial charge < -0.3 is 5.32 Å². The highest BCUT2D eigenvalue weighted by atomic mass is 79.9. The van der Waals surface area contributed by atoms with Crippen LogP contribution in [-0.4, -0.2) is 15.9 Å². The van der Waals surface area contributed by atoms with Crippen molar-refractivity contribution in [2.24, 2.45) is 0 Å². The van der Waals surface area contributed by atoms with Crippen molar-refractivity contribution in [3.8, 4) is 0 Å². The lowest BCUT2D eigenvalue weighted by Crippen LogP contribution is -2.14. The number of rotatable bonds is 2. The van der Waals surface area contributed by atoms with Crippen LogP contribution in [0.1, 0.15) is 16.1 Å². The smallest absolute Gasteiger partial charge is 0.259 e. The third-order valence-electron chi connectivity index (χ3n) is 2.31. The maximum absolute atomic E-state index is 12.1. The van der Waals surface area contributed by atoms with Gasteiger partial charge in [-0.3, -0.25) is 4.79 Å². The number of anilines is 1. The van der Waals surface area contributed by atoms with Gasteiger partial charge in [0.1, 0.15) is 11.0 Å². The quantitative estimate of drug-likeness (QED) is 0.762. The van der Waals surface area contributed by atoms with Crippen LogP contribution in [0.2, 0.25) is 5.15 Å². The zero-order valence-electron chi connectivity index (χ0n) is 9.75. The molecule has 2 aromatic rings. The molecule has 0 radical (unpaired) electrons. The molecule has 0 bridgehead atoms. The number of hydrogen-bond donors (Lipinski definition) is 1. The maximum Gasteiger partial charge on any atom is 0.259 e. The number of carbonyl (C=O) groups is 1. The van der Waals surface area contributed by atoms with E-state index in [1.165, 1.54) is 6.20 Å². The van der Waals surface area contributed by atoms with E-state index in [0.29, 0.717) is 15.9 Å². The Morgan fingerprint density at radius 3 is 2.79 bits per heavy atom. The fourth-order valence-corrected chi connectivity index (χ4v) is 2.12. The van der Waals surface area contributed by atoms with Crippen molar-refractivity contribution < 1.29 is 4.79 Å². The lowest BCUT2D eigenvalue weighted by Gasteiger charge is -2.07. The molecule has 0 atom stereocenters. The maximum atomic E-state index is 12.1. The predicted molar refractivity (Wildman–Crippen MR) is 81.6 cm³/mol. The summed E-state index contributed by atoms with van der Waals surface area (Å²) in [5, 5.41) is 2.83. The molecule has 2 rings (SSSR count). The second-order valence-electron chi connectivity index (χ2n) is 3.71. The predicted octanol–water partition coefficient (Wildman–Crippen LogP) is 4.22. The SMILES string of the molecule is Cc1nc(NC(=O)c2cc(Br)cnc2Cl)ccc1Br. The standard InChI is InChI=1S/C12H8Br2ClN3O/c1-6-9(14)2-3-10(17-6)18-12(19)8-4-7(13)5-16-11(8)15/h2-5H,1H3,(H,17,18,19). The molecule has 0 aromatic carbocycles. The molecule has 19 heavy (non-hydrogen) atoms. The first-order valence-corrected chi connectivity index (χ1v) is 7.19. The van der Waals surface area contributed by atoms with Crippen molar-refractivity contribution in [2.45, 2.75) is 6.92 Å². The molecule has 2 aromatic heterocycles. The van der Waals surface area contributed by atoms with Gasteiger partial charge in [-0.15, -0.1) is 0 Å². The molecule has 7 heteroatoms. The van der Waals surface area contributed by atoms with Gasteiger partial charge in [-0.1, -0.05) is 11.6 Å². The molecule has 2 heterocycles. The summed E-state index contributed by atoms with van der Waals surface area (Å²) in [5.74, 6) is 0.106. The highest BCUT2D eigenvalue weighted by molar-refractivity contribution is 9.10. The number of carbonyl (C=O) groups excluding carboxylic acids is 1. The molecule has 0 aliphatic heterocycles. The Kier molecular flexibility index (Phi) is 4.54. The molecule has 0 fully saturated rings. The molecular formula is C12H8Br2ClN3O. The molecule has 0 aliphatic rings. The summed E-state index contributed by atoms with van der Waals surface area (Å²) in [6.07, 6.45) is 1.53. The van der Waals surface area contributed by atoms with Gasteiger partial charge in [0.15, 0.2) is 0 Å². The van der Waals surface area contributed by atoms with E-state index in [1.807, 2.05) is 13.0 Å². The van der Waals surface area contributed by atoms with Crippen molar-refractivity contribution in [3.63, 3.8) is 0 Å². The Hall–Kier alpha value is -0.980. The van der Waals surface area contributed by atoms with E-state index in [1.54, 1.807) is 12.1 Å². The molecule has 98 valence electrons. The lowest BCUT2D eigenvalue weighted by molar-refractivity contribution is 0.102. The van der Waals surface area contributed by atoms with E-state index < -0.39 is 0 Å². The summed E-state index contributed by atoms with van der Waals surface area (Å²) in [5.41, 5.74) is 1.08. The van der Waals surface area contributed by atoms with Crippen molar-refractivity contribution in [3.05, 3.63) is 49.8 Å². The van der Waals surface area contributed by atoms with Crippen molar-refractivity contribution in [2.75, 3.05) is 5.32 Å². The van der Waals surface area contributed by atoms with E-state index in [-0.39, 0.29) is 11.1 Å². The average Bonchev–Trinajstić information content (AvgIpc) is 2.36. The summed E-state index contributed by atoms with van der Waals surface area (Å²) in [6, 6.07) is 5.13. The molecule has 0 saturated heterocycles. The normalized spacial score (nSPS) is 10.3. The summed E-state index contributed by atoms with van der Waals surface area (Å²) < 4.78 is 1.56. The van der Waals surface area contributed by atoms with Crippen LogP contribution in [0.3, 0.4) is 0 Å². The average molecular weight is 405 g/mol. The number of amides is 1. The molecule has 0 spiro atoms. The van der Waals surface area contributed by atoms with Gasteiger partial charge in [-0.2, -0.15) is 0 Å². The van der Waals surface area contributed by atoms with Gasteiger partial charge in [0.05, 0.1) is 11.3 Å². The van der Waals surface area contributed by atoms with Crippen molar-refractivity contribution >= 4 is 55.2 Å². The molecule has 1 N–H and O–H groups in total. The number of pyridine rings is 2. The first kappa shape index (κ1) is 14.4. The van der Waals surface area contributed by atoms with Gasteiger partial charge in [0.2, 0.25) is 0 Å². The highest BCUT2D eigenvalue weighted by Gasteiger charge is 2.13. The monoisotopic (exact) mass is 403 g/mol. The third kappa shape index (κ3) is 3.52. The Morgan fingerprint density at radius 2 is 2.11 bits per heavy atom. The number of nitrogens with one attached hydrogen (secondary N) is 1. The second kappa shape index (κ2) is 5.98. The molecule has 1 amide bonds. The Morgan fingerprint density at radius 1 is 1.37 bits per heavy atom. The van der Waals surface area contributed by atoms with Gasteiger partial charge in [-0.05, 0) is 57.0 Å². The molecule has 0 aliphatic carbocycles. The Labute approximate surface area is 131 Å². The topological polar surface area (TPSA) is 54.9 Å². The summed E-state index contributed by atoms with van der Waals surface area (Å²) in [6.45, 7) is 1.84. The van der Waals surface area contributed by atoms with Gasteiger partial charge >= 0.3 is 0 Å². The minimum atomic E-state index is -0.354. The zero-order valence-corrected chi connectivity index (χ0v) is 13.7. The van der Waals surface area contributed by atoms with E-state index in [0.717, 1.165) is 10.2 Å². The highest BCUT2D eigenvalue weighted by Crippen LogP contribution is 2.20. The largest absolute Gasteiger partial charge is 0.306 e. The summed E-state index contributed by atoms with van der Waals surface area (Å²) >= 11 is 12.5. The minimum absolute atomic E-state index is 0.148. The molecule has 4 nitrogen and oxygen atoms in total. The van der Waals surface area contributed by atoms with Crippen LogP contribution in [0.15, 0.2) is 33.3 Å². The van der Waals surface area contributed by atoms with E-state index in [2.05, 4.69) is 47.1 Å². The summed E-state index contributed by atoms with van der Waals surface area (Å²) in [7, 11) is 0. The number of hydrogen-bond acceptors (Lipinski definition) is 3. The second-order valence-corrected chi connectivity index (χ2v) is 5.84. The van der Waals surface area contributed by atoms with Crippen LogP contribution in [0.25, 0.3) is 0 Å². The zero-order chi connectivity index (χ0) is 14.0. The first-order valence-electron chi connectivity index (χ1n) is 5.23. The Balaban J connectivity index is 2.25. The number of aromatic nitrogens is 2. The van der Waals surface area contributed by atoms with Crippen LogP contribution in [0, 0.1) is 6.92 Å². The van der Waals surface area contributed by atoms with Crippen LogP contribution in [-0.2, 0) is 0 Å².